The van der Waals surface area contributed by atoms with Gasteiger partial charge in [-0.15, -0.1) is 0 Å². The summed E-state index contributed by atoms with van der Waals surface area (Å²) in [6, 6.07) is 0. The van der Waals surface area contributed by atoms with Gasteiger partial charge >= 0.3 is 11.9 Å². The van der Waals surface area contributed by atoms with Crippen LogP contribution in [0.15, 0.2) is 12.7 Å². The van der Waals surface area contributed by atoms with Crippen molar-refractivity contribution in [2.75, 3.05) is 26.4 Å². The number of hydrogen-bond acceptors (Lipinski definition) is 6. The van der Waals surface area contributed by atoms with Crippen molar-refractivity contribution >= 4 is 11.9 Å². The Labute approximate surface area is 131 Å². The predicted octanol–water partition coefficient (Wildman–Crippen LogP) is 2.07. The zero-order valence-electron chi connectivity index (χ0n) is 13.6. The van der Waals surface area contributed by atoms with Crippen molar-refractivity contribution in [2.45, 2.75) is 39.4 Å². The maximum absolute atomic E-state index is 11.6. The SMILES string of the molecule is C=CC(=O)OCCC(=O)OCC(CC)C1COC(C)(C)OC1. The van der Waals surface area contributed by atoms with Crippen molar-refractivity contribution < 1.29 is 28.5 Å². The topological polar surface area (TPSA) is 71.1 Å². The molecule has 6 heteroatoms. The van der Waals surface area contributed by atoms with Gasteiger partial charge in [-0.2, -0.15) is 0 Å². The summed E-state index contributed by atoms with van der Waals surface area (Å²) >= 11 is 0. The summed E-state index contributed by atoms with van der Waals surface area (Å²) in [5, 5.41) is 0. The Bertz CT molecular complexity index is 380. The van der Waals surface area contributed by atoms with Crippen LogP contribution in [-0.2, 0) is 28.5 Å². The molecular weight excluding hydrogens is 288 g/mol. The van der Waals surface area contributed by atoms with E-state index in [4.69, 9.17) is 18.9 Å². The lowest BCUT2D eigenvalue weighted by Gasteiger charge is -2.37. The van der Waals surface area contributed by atoms with Gasteiger partial charge in [-0.1, -0.05) is 13.5 Å². The predicted molar refractivity (Wildman–Crippen MR) is 80.0 cm³/mol. The van der Waals surface area contributed by atoms with Crippen LogP contribution in [0.3, 0.4) is 0 Å². The number of ether oxygens (including phenoxy) is 4. The molecule has 6 nitrogen and oxygen atoms in total. The average molecular weight is 314 g/mol. The van der Waals surface area contributed by atoms with E-state index in [1.54, 1.807) is 0 Å². The van der Waals surface area contributed by atoms with Crippen LogP contribution in [0.4, 0.5) is 0 Å². The maximum atomic E-state index is 11.6. The first kappa shape index (κ1) is 18.6. The second kappa shape index (κ2) is 8.90. The van der Waals surface area contributed by atoms with Gasteiger partial charge < -0.3 is 18.9 Å². The fraction of sp³-hybridized carbons (Fsp3) is 0.750. The summed E-state index contributed by atoms with van der Waals surface area (Å²) in [5.74, 6) is -1.06. The van der Waals surface area contributed by atoms with E-state index in [0.717, 1.165) is 12.5 Å². The Kier molecular flexibility index (Phi) is 7.55. The fourth-order valence-corrected chi connectivity index (χ4v) is 2.13. The van der Waals surface area contributed by atoms with E-state index in [1.807, 2.05) is 20.8 Å². The molecule has 0 amide bonds. The molecule has 22 heavy (non-hydrogen) atoms. The van der Waals surface area contributed by atoms with Gasteiger partial charge in [-0.3, -0.25) is 4.79 Å². The zero-order chi connectivity index (χ0) is 16.6. The highest BCUT2D eigenvalue weighted by molar-refractivity contribution is 5.81. The molecule has 1 rings (SSSR count). The molecule has 0 N–H and O–H groups in total. The molecule has 0 spiro atoms. The minimum Gasteiger partial charge on any atom is -0.465 e. The van der Waals surface area contributed by atoms with Gasteiger partial charge in [0.25, 0.3) is 0 Å². The van der Waals surface area contributed by atoms with Crippen LogP contribution in [0.2, 0.25) is 0 Å². The first-order valence-electron chi connectivity index (χ1n) is 7.60. The Morgan fingerprint density at radius 3 is 2.50 bits per heavy atom. The lowest BCUT2D eigenvalue weighted by Crippen LogP contribution is -2.42. The second-order valence-corrected chi connectivity index (χ2v) is 5.75. The third-order valence-electron chi connectivity index (χ3n) is 3.66. The molecule has 0 saturated carbocycles. The van der Waals surface area contributed by atoms with Crippen LogP contribution in [0.5, 0.6) is 0 Å². The van der Waals surface area contributed by atoms with E-state index in [0.29, 0.717) is 19.8 Å². The van der Waals surface area contributed by atoms with Crippen LogP contribution < -0.4 is 0 Å². The quantitative estimate of drug-likeness (QED) is 0.504. The molecular formula is C16H26O6. The summed E-state index contributed by atoms with van der Waals surface area (Å²) in [7, 11) is 0. The first-order valence-corrected chi connectivity index (χ1v) is 7.60. The summed E-state index contributed by atoms with van der Waals surface area (Å²) < 4.78 is 21.3. The zero-order valence-corrected chi connectivity index (χ0v) is 13.6. The molecule has 1 unspecified atom stereocenters. The highest BCUT2D eigenvalue weighted by atomic mass is 16.7. The number of esters is 2. The number of carbonyl (C=O) groups is 2. The summed E-state index contributed by atoms with van der Waals surface area (Å²) in [6.45, 7) is 10.6. The van der Waals surface area contributed by atoms with Gasteiger partial charge in [0.15, 0.2) is 5.79 Å². The first-order chi connectivity index (χ1) is 10.4. The van der Waals surface area contributed by atoms with Gasteiger partial charge in [-0.05, 0) is 20.3 Å². The van der Waals surface area contributed by atoms with Crippen molar-refractivity contribution in [3.63, 3.8) is 0 Å². The van der Waals surface area contributed by atoms with Gasteiger partial charge in [0.05, 0.1) is 26.2 Å². The molecule has 1 fully saturated rings. The smallest absolute Gasteiger partial charge is 0.330 e. The largest absolute Gasteiger partial charge is 0.465 e. The Morgan fingerprint density at radius 2 is 1.95 bits per heavy atom. The molecule has 126 valence electrons. The monoisotopic (exact) mass is 314 g/mol. The molecule has 0 aromatic rings. The van der Waals surface area contributed by atoms with Crippen molar-refractivity contribution in [1.82, 2.24) is 0 Å². The fourth-order valence-electron chi connectivity index (χ4n) is 2.13. The minimum absolute atomic E-state index is 0.00428. The summed E-state index contributed by atoms with van der Waals surface area (Å²) in [5.41, 5.74) is 0. The highest BCUT2D eigenvalue weighted by Crippen LogP contribution is 2.27. The summed E-state index contributed by atoms with van der Waals surface area (Å²) in [6.07, 6.45) is 1.97. The molecule has 0 aromatic heterocycles. The van der Waals surface area contributed by atoms with Crippen LogP contribution in [-0.4, -0.2) is 44.2 Å². The lowest BCUT2D eigenvalue weighted by atomic mass is 9.91. The third kappa shape index (κ3) is 6.58. The molecule has 0 aromatic carbocycles. The van der Waals surface area contributed by atoms with Crippen LogP contribution in [0.1, 0.15) is 33.6 Å². The minimum atomic E-state index is -0.543. The van der Waals surface area contributed by atoms with Crippen LogP contribution in [0.25, 0.3) is 0 Å². The molecule has 1 heterocycles. The van der Waals surface area contributed by atoms with Crippen LogP contribution >= 0.6 is 0 Å². The summed E-state index contributed by atoms with van der Waals surface area (Å²) in [4.78, 5) is 22.5. The maximum Gasteiger partial charge on any atom is 0.330 e. The van der Waals surface area contributed by atoms with Gasteiger partial charge in [0, 0.05) is 17.9 Å². The van der Waals surface area contributed by atoms with Crippen molar-refractivity contribution in [3.8, 4) is 0 Å². The van der Waals surface area contributed by atoms with E-state index in [-0.39, 0.29) is 30.8 Å². The van der Waals surface area contributed by atoms with E-state index in [1.165, 1.54) is 0 Å². The van der Waals surface area contributed by atoms with Gasteiger partial charge in [0.2, 0.25) is 0 Å². The number of hydrogen-bond donors (Lipinski definition) is 0. The van der Waals surface area contributed by atoms with Gasteiger partial charge in [-0.25, -0.2) is 4.79 Å². The molecule has 0 radical (unpaired) electrons. The van der Waals surface area contributed by atoms with Crippen molar-refractivity contribution in [3.05, 3.63) is 12.7 Å². The standard InChI is InChI=1S/C16H26O6/c1-5-12(13-10-21-16(3,4)22-11-13)9-20-15(18)7-8-19-14(17)6-2/h6,12-13H,2,5,7-11H2,1,3-4H3. The molecule has 1 aliphatic heterocycles. The normalized spacial score (nSPS) is 19.2. The lowest BCUT2D eigenvalue weighted by molar-refractivity contribution is -0.269. The Balaban J connectivity index is 2.27. The van der Waals surface area contributed by atoms with Gasteiger partial charge in [0.1, 0.15) is 6.61 Å². The third-order valence-corrected chi connectivity index (χ3v) is 3.66. The molecule has 0 aliphatic carbocycles. The number of carbonyl (C=O) groups excluding carboxylic acids is 2. The molecule has 1 saturated heterocycles. The van der Waals surface area contributed by atoms with Crippen LogP contribution in [0, 0.1) is 11.8 Å². The molecule has 1 atom stereocenters. The number of rotatable bonds is 8. The van der Waals surface area contributed by atoms with E-state index >= 15 is 0 Å². The Hall–Kier alpha value is -1.40. The second-order valence-electron chi connectivity index (χ2n) is 5.75. The van der Waals surface area contributed by atoms with E-state index < -0.39 is 11.8 Å². The van der Waals surface area contributed by atoms with E-state index in [2.05, 4.69) is 6.58 Å². The Morgan fingerprint density at radius 1 is 1.32 bits per heavy atom. The van der Waals surface area contributed by atoms with Crippen molar-refractivity contribution in [1.29, 1.82) is 0 Å². The van der Waals surface area contributed by atoms with E-state index in [9.17, 15) is 9.59 Å². The molecule has 1 aliphatic rings. The van der Waals surface area contributed by atoms with Crippen molar-refractivity contribution in [2.24, 2.45) is 11.8 Å². The molecule has 0 bridgehead atoms. The average Bonchev–Trinajstić information content (AvgIpc) is 2.48. The highest BCUT2D eigenvalue weighted by Gasteiger charge is 2.32.